The summed E-state index contributed by atoms with van der Waals surface area (Å²) in [5.74, 6) is 0.982. The number of para-hydroxylation sites is 1. The topological polar surface area (TPSA) is 47.0 Å². The molecular weight excluding hydrogens is 226 g/mol. The normalized spacial score (nSPS) is 16.4. The maximum Gasteiger partial charge on any atom is 0.114 e. The van der Waals surface area contributed by atoms with Crippen LogP contribution < -0.4 is 5.32 Å². The molecule has 1 atom stereocenters. The molecule has 0 radical (unpaired) electrons. The van der Waals surface area contributed by atoms with E-state index in [-0.39, 0.29) is 6.04 Å². The first-order valence-electron chi connectivity index (χ1n) is 6.10. The van der Waals surface area contributed by atoms with Gasteiger partial charge in [-0.3, -0.25) is 9.97 Å². The van der Waals surface area contributed by atoms with Crippen LogP contribution in [0.25, 0.3) is 11.0 Å². The van der Waals surface area contributed by atoms with Crippen molar-refractivity contribution in [3.05, 3.63) is 48.0 Å². The van der Waals surface area contributed by atoms with Gasteiger partial charge in [0.15, 0.2) is 0 Å². The summed E-state index contributed by atoms with van der Waals surface area (Å²) in [6.45, 7) is 0.768. The summed E-state index contributed by atoms with van der Waals surface area (Å²) >= 11 is 0. The Kier molecular flexibility index (Phi) is 2.94. The van der Waals surface area contributed by atoms with E-state index >= 15 is 0 Å². The van der Waals surface area contributed by atoms with Gasteiger partial charge in [0.1, 0.15) is 5.76 Å². The van der Waals surface area contributed by atoms with E-state index in [4.69, 9.17) is 4.74 Å². The quantitative estimate of drug-likeness (QED) is 0.894. The molecule has 0 aliphatic carbocycles. The predicted octanol–water partition coefficient (Wildman–Crippen LogP) is 2.19. The van der Waals surface area contributed by atoms with Gasteiger partial charge in [0.2, 0.25) is 0 Å². The molecular formula is C14H15N3O. The maximum absolute atomic E-state index is 5.66. The van der Waals surface area contributed by atoms with Crippen molar-refractivity contribution in [3.8, 4) is 0 Å². The standard InChI is InChI=1S/C14H15N3O/c1-15-14(12-6-3-9-18-12)10-4-2-5-11-13(10)17-8-7-16-11/h2,4-8,14-15H,3,9H2,1H3. The highest BCUT2D eigenvalue weighted by atomic mass is 16.5. The first kappa shape index (κ1) is 11.2. The summed E-state index contributed by atoms with van der Waals surface area (Å²) in [4.78, 5) is 8.77. The number of aromatic nitrogens is 2. The lowest BCUT2D eigenvalue weighted by Gasteiger charge is -2.18. The highest BCUT2D eigenvalue weighted by Gasteiger charge is 2.21. The number of hydrogen-bond donors (Lipinski definition) is 1. The first-order chi connectivity index (χ1) is 8.90. The van der Waals surface area contributed by atoms with E-state index in [0.717, 1.165) is 35.4 Å². The van der Waals surface area contributed by atoms with Crippen LogP contribution >= 0.6 is 0 Å². The van der Waals surface area contributed by atoms with Gasteiger partial charge in [-0.25, -0.2) is 0 Å². The van der Waals surface area contributed by atoms with E-state index in [1.54, 1.807) is 12.4 Å². The Hall–Kier alpha value is -1.94. The third-order valence-corrected chi connectivity index (χ3v) is 3.15. The molecule has 0 fully saturated rings. The fourth-order valence-corrected chi connectivity index (χ4v) is 2.34. The Labute approximate surface area is 106 Å². The monoisotopic (exact) mass is 241 g/mol. The summed E-state index contributed by atoms with van der Waals surface area (Å²) in [6, 6.07) is 6.10. The maximum atomic E-state index is 5.66. The zero-order chi connectivity index (χ0) is 12.4. The summed E-state index contributed by atoms with van der Waals surface area (Å²) in [5, 5.41) is 3.29. The number of benzene rings is 1. The van der Waals surface area contributed by atoms with Gasteiger partial charge in [0.05, 0.1) is 23.7 Å². The number of nitrogens with one attached hydrogen (secondary N) is 1. The summed E-state index contributed by atoms with van der Waals surface area (Å²) in [6.07, 6.45) is 6.55. The fraction of sp³-hybridized carbons (Fsp3) is 0.286. The van der Waals surface area contributed by atoms with Crippen molar-refractivity contribution in [1.82, 2.24) is 15.3 Å². The molecule has 0 spiro atoms. The zero-order valence-electron chi connectivity index (χ0n) is 10.3. The van der Waals surface area contributed by atoms with Crippen LogP contribution in [0.2, 0.25) is 0 Å². The molecule has 0 bridgehead atoms. The molecule has 4 heteroatoms. The highest BCUT2D eigenvalue weighted by Crippen LogP contribution is 2.29. The number of ether oxygens (including phenoxy) is 1. The van der Waals surface area contributed by atoms with Crippen molar-refractivity contribution in [2.24, 2.45) is 0 Å². The van der Waals surface area contributed by atoms with Crippen molar-refractivity contribution in [2.75, 3.05) is 13.7 Å². The van der Waals surface area contributed by atoms with E-state index in [1.807, 2.05) is 19.2 Å². The van der Waals surface area contributed by atoms with E-state index in [0.29, 0.717) is 0 Å². The van der Waals surface area contributed by atoms with Gasteiger partial charge in [0.25, 0.3) is 0 Å². The summed E-state index contributed by atoms with van der Waals surface area (Å²) < 4.78 is 5.66. The van der Waals surface area contributed by atoms with Crippen molar-refractivity contribution >= 4 is 11.0 Å². The minimum absolute atomic E-state index is 0.0490. The molecule has 92 valence electrons. The molecule has 1 aliphatic rings. The first-order valence-corrected chi connectivity index (χ1v) is 6.10. The second kappa shape index (κ2) is 4.74. The third-order valence-electron chi connectivity index (χ3n) is 3.15. The van der Waals surface area contributed by atoms with E-state index in [2.05, 4.69) is 27.4 Å². The molecule has 3 rings (SSSR count). The van der Waals surface area contributed by atoms with Crippen LogP contribution in [-0.2, 0) is 4.74 Å². The molecule has 1 N–H and O–H groups in total. The second-order valence-corrected chi connectivity index (χ2v) is 4.24. The van der Waals surface area contributed by atoms with Crippen LogP contribution in [0.15, 0.2) is 42.4 Å². The molecule has 1 aromatic heterocycles. The molecule has 1 aliphatic heterocycles. The van der Waals surface area contributed by atoms with Crippen LogP contribution in [0, 0.1) is 0 Å². The van der Waals surface area contributed by atoms with Gasteiger partial charge in [-0.15, -0.1) is 0 Å². The van der Waals surface area contributed by atoms with Crippen molar-refractivity contribution < 1.29 is 4.74 Å². The molecule has 0 saturated heterocycles. The molecule has 2 aromatic rings. The number of nitrogens with zero attached hydrogens (tertiary/aromatic N) is 2. The molecule has 18 heavy (non-hydrogen) atoms. The van der Waals surface area contributed by atoms with Gasteiger partial charge in [-0.2, -0.15) is 0 Å². The van der Waals surface area contributed by atoms with Gasteiger partial charge in [0, 0.05) is 24.4 Å². The van der Waals surface area contributed by atoms with E-state index in [1.165, 1.54) is 0 Å². The molecule has 0 saturated carbocycles. The fourth-order valence-electron chi connectivity index (χ4n) is 2.34. The average molecular weight is 241 g/mol. The minimum Gasteiger partial charge on any atom is -0.496 e. The Bertz CT molecular complexity index is 589. The largest absolute Gasteiger partial charge is 0.496 e. The van der Waals surface area contributed by atoms with Gasteiger partial charge in [-0.1, -0.05) is 12.1 Å². The van der Waals surface area contributed by atoms with Gasteiger partial charge < -0.3 is 10.1 Å². The Morgan fingerprint density at radius 1 is 1.28 bits per heavy atom. The Morgan fingerprint density at radius 2 is 2.17 bits per heavy atom. The minimum atomic E-state index is 0.0490. The van der Waals surface area contributed by atoms with Crippen LogP contribution in [0.4, 0.5) is 0 Å². The SMILES string of the molecule is CNC(C1=CCCO1)c1cccc2nccnc12. The van der Waals surface area contributed by atoms with Crippen molar-refractivity contribution in [1.29, 1.82) is 0 Å². The summed E-state index contributed by atoms with van der Waals surface area (Å²) in [5.41, 5.74) is 2.95. The Morgan fingerprint density at radius 3 is 2.94 bits per heavy atom. The molecule has 4 nitrogen and oxygen atoms in total. The van der Waals surface area contributed by atoms with Gasteiger partial charge >= 0.3 is 0 Å². The number of rotatable bonds is 3. The van der Waals surface area contributed by atoms with Crippen LogP contribution in [-0.4, -0.2) is 23.6 Å². The number of fused-ring (bicyclic) bond motifs is 1. The lowest BCUT2D eigenvalue weighted by Crippen LogP contribution is -2.19. The second-order valence-electron chi connectivity index (χ2n) is 4.24. The highest BCUT2D eigenvalue weighted by molar-refractivity contribution is 5.78. The molecule has 1 unspecified atom stereocenters. The molecule has 1 aromatic carbocycles. The molecule has 0 amide bonds. The van der Waals surface area contributed by atoms with Crippen LogP contribution in [0.1, 0.15) is 18.0 Å². The number of likely N-dealkylation sites (N-methyl/N-ethyl adjacent to an activating group) is 1. The number of hydrogen-bond acceptors (Lipinski definition) is 4. The zero-order valence-corrected chi connectivity index (χ0v) is 10.3. The lowest BCUT2D eigenvalue weighted by molar-refractivity contribution is 0.218. The van der Waals surface area contributed by atoms with Crippen LogP contribution in [0.3, 0.4) is 0 Å². The van der Waals surface area contributed by atoms with Gasteiger partial charge in [-0.05, 0) is 19.2 Å². The lowest BCUT2D eigenvalue weighted by atomic mass is 10.0. The van der Waals surface area contributed by atoms with Crippen molar-refractivity contribution in [2.45, 2.75) is 12.5 Å². The van der Waals surface area contributed by atoms with E-state index < -0.39 is 0 Å². The van der Waals surface area contributed by atoms with E-state index in [9.17, 15) is 0 Å². The summed E-state index contributed by atoms with van der Waals surface area (Å²) in [7, 11) is 1.93. The third kappa shape index (κ3) is 1.84. The van der Waals surface area contributed by atoms with Crippen LogP contribution in [0.5, 0.6) is 0 Å². The predicted molar refractivity (Wildman–Crippen MR) is 70.0 cm³/mol. The Balaban J connectivity index is 2.12. The average Bonchev–Trinajstić information content (AvgIpc) is 2.94. The van der Waals surface area contributed by atoms with Crippen molar-refractivity contribution in [3.63, 3.8) is 0 Å². The smallest absolute Gasteiger partial charge is 0.114 e. The molecule has 2 heterocycles.